The molecule has 10 heteroatoms. The summed E-state index contributed by atoms with van der Waals surface area (Å²) in [4.78, 5) is 25.5. The van der Waals surface area contributed by atoms with Gasteiger partial charge in [0.1, 0.15) is 6.54 Å². The predicted molar refractivity (Wildman–Crippen MR) is 147 cm³/mol. The maximum Gasteiger partial charge on any atom is 0.308 e. The highest BCUT2D eigenvalue weighted by molar-refractivity contribution is 7.92. The molecule has 1 aromatic heterocycles. The van der Waals surface area contributed by atoms with E-state index in [1.807, 2.05) is 20.8 Å². The molecule has 188 valence electrons. The van der Waals surface area contributed by atoms with Crippen molar-refractivity contribution in [2.24, 2.45) is 0 Å². The number of hydrogen-bond donors (Lipinski definition) is 1. The molecule has 1 heterocycles. The second-order valence-corrected chi connectivity index (χ2v) is 12.0. The Labute approximate surface area is 219 Å². The number of carbonyl (C=O) groups is 1. The topological polar surface area (TPSA) is 88.5 Å². The molecule has 1 N–H and O–H groups in total. The van der Waals surface area contributed by atoms with Crippen molar-refractivity contribution in [3.63, 3.8) is 0 Å². The fourth-order valence-corrected chi connectivity index (χ4v) is 6.64. The minimum absolute atomic E-state index is 0.00756. The van der Waals surface area contributed by atoms with E-state index in [1.165, 1.54) is 12.1 Å². The van der Waals surface area contributed by atoms with E-state index in [1.54, 1.807) is 60.0 Å². The van der Waals surface area contributed by atoms with Crippen LogP contribution in [0, 0.1) is 13.8 Å². The number of hydrogen-bond acceptors (Lipinski definition) is 5. The molecule has 0 fully saturated rings. The minimum atomic E-state index is -4.07. The van der Waals surface area contributed by atoms with E-state index in [0.717, 1.165) is 31.4 Å². The first kappa shape index (κ1) is 25.9. The zero-order valence-corrected chi connectivity index (χ0v) is 22.7. The molecule has 36 heavy (non-hydrogen) atoms. The summed E-state index contributed by atoms with van der Waals surface area (Å²) in [7, 11) is -4.07. The number of nitrogens with zero attached hydrogens (tertiary/aromatic N) is 2. The highest BCUT2D eigenvalue weighted by atomic mass is 35.5. The van der Waals surface area contributed by atoms with Gasteiger partial charge in [0.2, 0.25) is 5.91 Å². The van der Waals surface area contributed by atoms with E-state index in [2.05, 4.69) is 5.32 Å². The Morgan fingerprint density at radius 1 is 1.08 bits per heavy atom. The lowest BCUT2D eigenvalue weighted by Crippen LogP contribution is -2.38. The standard InChI is InChI=1S/C26H26ClN3O4S2/c1-16(2)30-23-13-10-19(14-24(23)35-26(30)32)28-25(31)15-29(22-7-5-6-21(27)18(22)4)36(33,34)20-11-8-17(3)9-12-20/h5-14,16H,15H2,1-4H3,(H,28,31). The molecule has 0 aliphatic heterocycles. The zero-order chi connectivity index (χ0) is 26.2. The number of rotatable bonds is 7. The largest absolute Gasteiger partial charge is 0.324 e. The average Bonchev–Trinajstić information content (AvgIpc) is 3.15. The van der Waals surface area contributed by atoms with E-state index in [4.69, 9.17) is 11.6 Å². The first-order valence-corrected chi connectivity index (χ1v) is 13.9. The van der Waals surface area contributed by atoms with Gasteiger partial charge >= 0.3 is 4.87 Å². The van der Waals surface area contributed by atoms with Crippen LogP contribution in [0.3, 0.4) is 0 Å². The molecule has 0 saturated heterocycles. The van der Waals surface area contributed by atoms with Crippen LogP contribution < -0.4 is 14.5 Å². The van der Waals surface area contributed by atoms with Gasteiger partial charge in [-0.1, -0.05) is 46.7 Å². The number of thiazole rings is 1. The lowest BCUT2D eigenvalue weighted by molar-refractivity contribution is -0.114. The summed E-state index contributed by atoms with van der Waals surface area (Å²) >= 11 is 7.39. The van der Waals surface area contributed by atoms with Gasteiger partial charge in [-0.2, -0.15) is 0 Å². The molecule has 0 aliphatic rings. The van der Waals surface area contributed by atoms with Crippen molar-refractivity contribution in [3.05, 3.63) is 86.5 Å². The van der Waals surface area contributed by atoms with Crippen molar-refractivity contribution < 1.29 is 13.2 Å². The molecule has 7 nitrogen and oxygen atoms in total. The summed E-state index contributed by atoms with van der Waals surface area (Å²) in [6.07, 6.45) is 0. The molecule has 4 rings (SSSR count). The summed E-state index contributed by atoms with van der Waals surface area (Å²) < 4.78 is 30.8. The van der Waals surface area contributed by atoms with Gasteiger partial charge in [0.25, 0.3) is 10.0 Å². The number of aryl methyl sites for hydroxylation is 1. The van der Waals surface area contributed by atoms with Crippen LogP contribution in [0.15, 0.2) is 70.4 Å². The van der Waals surface area contributed by atoms with Crippen LogP contribution in [0.2, 0.25) is 5.02 Å². The smallest absolute Gasteiger partial charge is 0.308 e. The summed E-state index contributed by atoms with van der Waals surface area (Å²) in [6.45, 7) is 6.99. The molecule has 0 radical (unpaired) electrons. The minimum Gasteiger partial charge on any atom is -0.324 e. The summed E-state index contributed by atoms with van der Waals surface area (Å²) in [5, 5.41) is 3.17. The van der Waals surface area contributed by atoms with Gasteiger partial charge in [0.05, 0.1) is 20.8 Å². The second-order valence-electron chi connectivity index (χ2n) is 8.77. The lowest BCUT2D eigenvalue weighted by Gasteiger charge is -2.26. The van der Waals surface area contributed by atoms with E-state index in [0.29, 0.717) is 22.0 Å². The Morgan fingerprint density at radius 2 is 1.78 bits per heavy atom. The van der Waals surface area contributed by atoms with Crippen LogP contribution in [-0.2, 0) is 14.8 Å². The molecule has 0 atom stereocenters. The van der Waals surface area contributed by atoms with Crippen LogP contribution in [0.4, 0.5) is 11.4 Å². The van der Waals surface area contributed by atoms with Crippen LogP contribution in [-0.4, -0.2) is 25.4 Å². The monoisotopic (exact) mass is 543 g/mol. The maximum absolute atomic E-state index is 13.6. The molecule has 3 aromatic carbocycles. The Balaban J connectivity index is 1.68. The second kappa shape index (κ2) is 10.1. The van der Waals surface area contributed by atoms with Gasteiger partial charge < -0.3 is 5.32 Å². The highest BCUT2D eigenvalue weighted by Gasteiger charge is 2.29. The molecule has 0 aliphatic carbocycles. The summed E-state index contributed by atoms with van der Waals surface area (Å²) in [5.74, 6) is -0.528. The summed E-state index contributed by atoms with van der Waals surface area (Å²) in [5.41, 5.74) is 3.04. The van der Waals surface area contributed by atoms with E-state index < -0.39 is 22.5 Å². The normalized spacial score (nSPS) is 11.7. The fraction of sp³-hybridized carbons (Fsp3) is 0.231. The first-order chi connectivity index (χ1) is 17.0. The van der Waals surface area contributed by atoms with Crippen LogP contribution in [0.25, 0.3) is 10.2 Å². The number of sulfonamides is 1. The van der Waals surface area contributed by atoms with Crippen molar-refractivity contribution in [1.29, 1.82) is 0 Å². The molecule has 4 aromatic rings. The number of aromatic nitrogens is 1. The van der Waals surface area contributed by atoms with Gasteiger partial charge in [0.15, 0.2) is 0 Å². The average molecular weight is 544 g/mol. The molecule has 0 spiro atoms. The van der Waals surface area contributed by atoms with Gasteiger partial charge in [0, 0.05) is 16.8 Å². The van der Waals surface area contributed by atoms with Crippen LogP contribution in [0.5, 0.6) is 0 Å². The van der Waals surface area contributed by atoms with E-state index >= 15 is 0 Å². The first-order valence-electron chi connectivity index (χ1n) is 11.3. The number of halogens is 1. The number of amides is 1. The third kappa shape index (κ3) is 5.04. The molecule has 0 unspecified atom stereocenters. The van der Waals surface area contributed by atoms with E-state index in [9.17, 15) is 18.0 Å². The van der Waals surface area contributed by atoms with Crippen molar-refractivity contribution in [1.82, 2.24) is 4.57 Å². The van der Waals surface area contributed by atoms with Crippen molar-refractivity contribution in [2.75, 3.05) is 16.2 Å². The van der Waals surface area contributed by atoms with Crippen LogP contribution >= 0.6 is 22.9 Å². The zero-order valence-electron chi connectivity index (χ0n) is 20.3. The third-order valence-electron chi connectivity index (χ3n) is 5.82. The molecule has 0 bridgehead atoms. The SMILES string of the molecule is Cc1ccc(S(=O)(=O)N(CC(=O)Nc2ccc3c(c2)sc(=O)n3C(C)C)c2cccc(Cl)c2C)cc1. The number of anilines is 2. The molecule has 0 saturated carbocycles. The van der Waals surface area contributed by atoms with Crippen molar-refractivity contribution >= 4 is 60.5 Å². The number of fused-ring (bicyclic) bond motifs is 1. The van der Waals surface area contributed by atoms with Crippen LogP contribution in [0.1, 0.15) is 31.0 Å². The third-order valence-corrected chi connectivity index (χ3v) is 8.92. The molecular weight excluding hydrogens is 518 g/mol. The lowest BCUT2D eigenvalue weighted by atomic mass is 10.2. The number of nitrogens with one attached hydrogen (secondary N) is 1. The number of carbonyl (C=O) groups excluding carboxylic acids is 1. The van der Waals surface area contributed by atoms with E-state index in [-0.39, 0.29) is 15.8 Å². The molecule has 1 amide bonds. The predicted octanol–water partition coefficient (Wildman–Crippen LogP) is 5.75. The Kier molecular flexibility index (Phi) is 7.26. The van der Waals surface area contributed by atoms with Crippen molar-refractivity contribution in [2.45, 2.75) is 38.6 Å². The quantitative estimate of drug-likeness (QED) is 0.321. The molecular formula is C26H26ClN3O4S2. The fourth-order valence-electron chi connectivity index (χ4n) is 3.94. The Bertz CT molecular complexity index is 1610. The van der Waals surface area contributed by atoms with Gasteiger partial charge in [-0.15, -0.1) is 0 Å². The Morgan fingerprint density at radius 3 is 2.44 bits per heavy atom. The van der Waals surface area contributed by atoms with Gasteiger partial charge in [-0.25, -0.2) is 8.42 Å². The van der Waals surface area contributed by atoms with Gasteiger partial charge in [-0.3, -0.25) is 18.5 Å². The van der Waals surface area contributed by atoms with Crippen molar-refractivity contribution in [3.8, 4) is 0 Å². The number of benzene rings is 3. The highest BCUT2D eigenvalue weighted by Crippen LogP contribution is 2.31. The maximum atomic E-state index is 13.6. The summed E-state index contributed by atoms with van der Waals surface area (Å²) in [6, 6.07) is 16.6. The van der Waals surface area contributed by atoms with Gasteiger partial charge in [-0.05, 0) is 75.7 Å². The Hall–Kier alpha value is -3.14.